The van der Waals surface area contributed by atoms with Crippen molar-refractivity contribution < 1.29 is 0 Å². The van der Waals surface area contributed by atoms with Gasteiger partial charge in [-0.1, -0.05) is 64.9 Å². The molecule has 0 aliphatic rings. The molecule has 0 fully saturated rings. The molecule has 5 heteroatoms. The Morgan fingerprint density at radius 3 is 2.07 bits per heavy atom. The molecule has 0 radical (unpaired) electrons. The predicted octanol–water partition coefficient (Wildman–Crippen LogP) is 5.38. The molecular weight excluding hydrogens is 285 g/mol. The standard InChI is InChI=1S/C9H7Cl5/c1-2-5-3-6(9(12,13)14)8(11)4-7(5)10/h3-4H,2H2,1H3. The van der Waals surface area contributed by atoms with Gasteiger partial charge in [0.15, 0.2) is 0 Å². The van der Waals surface area contributed by atoms with Crippen molar-refractivity contribution in [3.8, 4) is 0 Å². The van der Waals surface area contributed by atoms with Crippen molar-refractivity contribution in [3.05, 3.63) is 33.3 Å². The molecule has 14 heavy (non-hydrogen) atoms. The van der Waals surface area contributed by atoms with Crippen LogP contribution in [0.25, 0.3) is 0 Å². The summed E-state index contributed by atoms with van der Waals surface area (Å²) in [6, 6.07) is 3.32. The number of benzene rings is 1. The molecule has 1 rings (SSSR count). The SMILES string of the molecule is CCc1cc(C(Cl)(Cl)Cl)c(Cl)cc1Cl. The Morgan fingerprint density at radius 2 is 1.64 bits per heavy atom. The summed E-state index contributed by atoms with van der Waals surface area (Å²) in [5, 5.41) is 0.961. The van der Waals surface area contributed by atoms with Crippen LogP contribution in [0.2, 0.25) is 10.0 Å². The zero-order chi connectivity index (χ0) is 10.9. The average Bonchev–Trinajstić information content (AvgIpc) is 2.02. The van der Waals surface area contributed by atoms with Gasteiger partial charge in [-0.3, -0.25) is 0 Å². The molecule has 78 valence electrons. The quantitative estimate of drug-likeness (QED) is 0.609. The van der Waals surface area contributed by atoms with Crippen LogP contribution in [0.3, 0.4) is 0 Å². The first-order valence-electron chi connectivity index (χ1n) is 3.91. The molecule has 0 nitrogen and oxygen atoms in total. The van der Waals surface area contributed by atoms with E-state index in [-0.39, 0.29) is 0 Å². The number of hydrogen-bond acceptors (Lipinski definition) is 0. The fourth-order valence-electron chi connectivity index (χ4n) is 1.08. The highest BCUT2D eigenvalue weighted by atomic mass is 35.6. The topological polar surface area (TPSA) is 0 Å². The van der Waals surface area contributed by atoms with Gasteiger partial charge >= 0.3 is 0 Å². The zero-order valence-electron chi connectivity index (χ0n) is 7.25. The van der Waals surface area contributed by atoms with E-state index in [1.807, 2.05) is 6.92 Å². The van der Waals surface area contributed by atoms with Gasteiger partial charge in [0.1, 0.15) is 0 Å². The van der Waals surface area contributed by atoms with E-state index >= 15 is 0 Å². The number of aryl methyl sites for hydroxylation is 1. The van der Waals surface area contributed by atoms with Gasteiger partial charge in [0, 0.05) is 15.6 Å². The summed E-state index contributed by atoms with van der Waals surface area (Å²) in [5.74, 6) is 0. The van der Waals surface area contributed by atoms with Gasteiger partial charge in [-0.2, -0.15) is 0 Å². The first-order valence-corrected chi connectivity index (χ1v) is 5.80. The van der Waals surface area contributed by atoms with Crippen LogP contribution in [0.5, 0.6) is 0 Å². The van der Waals surface area contributed by atoms with Crippen molar-refractivity contribution in [1.82, 2.24) is 0 Å². The molecule has 1 aromatic carbocycles. The number of rotatable bonds is 1. The van der Waals surface area contributed by atoms with Crippen molar-refractivity contribution >= 4 is 58.0 Å². The van der Waals surface area contributed by atoms with Crippen molar-refractivity contribution in [2.24, 2.45) is 0 Å². The highest BCUT2D eigenvalue weighted by Crippen LogP contribution is 2.43. The molecule has 0 unspecified atom stereocenters. The van der Waals surface area contributed by atoms with E-state index in [0.717, 1.165) is 12.0 Å². The van der Waals surface area contributed by atoms with Gasteiger partial charge in [-0.25, -0.2) is 0 Å². The first-order chi connectivity index (χ1) is 6.36. The van der Waals surface area contributed by atoms with Crippen LogP contribution in [0.1, 0.15) is 18.1 Å². The van der Waals surface area contributed by atoms with Gasteiger partial charge in [-0.15, -0.1) is 0 Å². The third-order valence-electron chi connectivity index (χ3n) is 1.82. The minimum absolute atomic E-state index is 0.368. The molecule has 0 spiro atoms. The maximum Gasteiger partial charge on any atom is 0.217 e. The molecule has 0 saturated carbocycles. The van der Waals surface area contributed by atoms with Crippen LogP contribution in [0.4, 0.5) is 0 Å². The smallest absolute Gasteiger partial charge is 0.0840 e. The molecule has 0 saturated heterocycles. The Bertz CT molecular complexity index is 340. The van der Waals surface area contributed by atoms with E-state index in [1.165, 1.54) is 0 Å². The summed E-state index contributed by atoms with van der Waals surface area (Å²) in [4.78, 5) is 0. The molecule has 0 aliphatic heterocycles. The Morgan fingerprint density at radius 1 is 1.07 bits per heavy atom. The highest BCUT2D eigenvalue weighted by Gasteiger charge is 2.26. The largest absolute Gasteiger partial charge is 0.217 e. The number of alkyl halides is 3. The van der Waals surface area contributed by atoms with Crippen molar-refractivity contribution in [2.45, 2.75) is 17.1 Å². The highest BCUT2D eigenvalue weighted by molar-refractivity contribution is 6.67. The number of hydrogen-bond donors (Lipinski definition) is 0. The lowest BCUT2D eigenvalue weighted by Crippen LogP contribution is -2.02. The minimum atomic E-state index is -1.51. The molecule has 0 bridgehead atoms. The molecule has 0 N–H and O–H groups in total. The maximum atomic E-state index is 5.94. The summed E-state index contributed by atoms with van der Waals surface area (Å²) < 4.78 is -1.51. The second kappa shape index (κ2) is 4.67. The van der Waals surface area contributed by atoms with Gasteiger partial charge in [0.2, 0.25) is 3.79 Å². The van der Waals surface area contributed by atoms with E-state index in [0.29, 0.717) is 15.6 Å². The van der Waals surface area contributed by atoms with Crippen LogP contribution in [-0.4, -0.2) is 0 Å². The maximum absolute atomic E-state index is 5.94. The first kappa shape index (κ1) is 12.7. The van der Waals surface area contributed by atoms with Crippen LogP contribution < -0.4 is 0 Å². The monoisotopic (exact) mass is 290 g/mol. The van der Waals surface area contributed by atoms with E-state index in [1.54, 1.807) is 12.1 Å². The normalized spacial score (nSPS) is 11.9. The molecule has 0 heterocycles. The second-order valence-electron chi connectivity index (χ2n) is 2.77. The van der Waals surface area contributed by atoms with Gasteiger partial charge < -0.3 is 0 Å². The van der Waals surface area contributed by atoms with E-state index in [4.69, 9.17) is 58.0 Å². The van der Waals surface area contributed by atoms with E-state index < -0.39 is 3.79 Å². The Balaban J connectivity index is 3.32. The predicted molar refractivity (Wildman–Crippen MR) is 65.1 cm³/mol. The fourth-order valence-corrected chi connectivity index (χ4v) is 2.35. The lowest BCUT2D eigenvalue weighted by atomic mass is 10.1. The van der Waals surface area contributed by atoms with Crippen LogP contribution in [0, 0.1) is 0 Å². The van der Waals surface area contributed by atoms with Crippen molar-refractivity contribution in [3.63, 3.8) is 0 Å². The van der Waals surface area contributed by atoms with Gasteiger partial charge in [0.05, 0.1) is 0 Å². The molecule has 0 aromatic heterocycles. The molecule has 0 aliphatic carbocycles. The van der Waals surface area contributed by atoms with E-state index in [9.17, 15) is 0 Å². The molecule has 1 aromatic rings. The van der Waals surface area contributed by atoms with E-state index in [2.05, 4.69) is 0 Å². The van der Waals surface area contributed by atoms with Crippen molar-refractivity contribution in [2.75, 3.05) is 0 Å². The fraction of sp³-hybridized carbons (Fsp3) is 0.333. The van der Waals surface area contributed by atoms with Crippen LogP contribution in [0.15, 0.2) is 12.1 Å². The van der Waals surface area contributed by atoms with Crippen LogP contribution >= 0.6 is 58.0 Å². The molecule has 0 atom stereocenters. The Hall–Kier alpha value is 0.670. The summed E-state index contributed by atoms with van der Waals surface area (Å²) >= 11 is 29.1. The van der Waals surface area contributed by atoms with Gasteiger partial charge in [-0.05, 0) is 24.1 Å². The summed E-state index contributed by atoms with van der Waals surface area (Å²) in [5.41, 5.74) is 1.38. The molecular formula is C9H7Cl5. The summed E-state index contributed by atoms with van der Waals surface area (Å²) in [7, 11) is 0. The van der Waals surface area contributed by atoms with Crippen LogP contribution in [-0.2, 0) is 10.2 Å². The lowest BCUT2D eigenvalue weighted by molar-refractivity contribution is 1.11. The molecule has 0 amide bonds. The lowest BCUT2D eigenvalue weighted by Gasteiger charge is -2.15. The summed E-state index contributed by atoms with van der Waals surface area (Å²) in [6.45, 7) is 1.97. The zero-order valence-corrected chi connectivity index (χ0v) is 11.0. The average molecular weight is 292 g/mol. The summed E-state index contributed by atoms with van der Waals surface area (Å²) in [6.07, 6.45) is 0.768. The Labute approximate surface area is 108 Å². The Kier molecular flexibility index (Phi) is 4.25. The van der Waals surface area contributed by atoms with Crippen molar-refractivity contribution in [1.29, 1.82) is 0 Å². The third-order valence-corrected chi connectivity index (χ3v) is 3.10. The van der Waals surface area contributed by atoms with Gasteiger partial charge in [0.25, 0.3) is 0 Å². The minimum Gasteiger partial charge on any atom is -0.0840 e. The third kappa shape index (κ3) is 2.84. The number of halogens is 5. The second-order valence-corrected chi connectivity index (χ2v) is 5.87.